The molecule has 1 amide bonds. The van der Waals surface area contributed by atoms with Crippen LogP contribution in [-0.2, 0) is 21.2 Å². The zero-order valence-electron chi connectivity index (χ0n) is 14.4. The molecule has 2 aromatic rings. The molecule has 1 aromatic carbocycles. The molecule has 0 atom stereocenters. The minimum absolute atomic E-state index is 0.320. The number of para-hydroxylation sites is 1. The summed E-state index contributed by atoms with van der Waals surface area (Å²) in [5.74, 6) is -2.68. The van der Waals surface area contributed by atoms with Gasteiger partial charge in [0.2, 0.25) is 15.9 Å². The molecule has 0 spiro atoms. The summed E-state index contributed by atoms with van der Waals surface area (Å²) in [4.78, 5) is 17.6. The number of halogens is 2. The second-order valence-corrected chi connectivity index (χ2v) is 7.67. The topological polar surface area (TPSA) is 70.6 Å². The first-order chi connectivity index (χ1) is 12.2. The average Bonchev–Trinajstić information content (AvgIpc) is 2.58. The number of amides is 1. The van der Waals surface area contributed by atoms with E-state index in [2.05, 4.69) is 4.98 Å². The summed E-state index contributed by atoms with van der Waals surface area (Å²) in [6.07, 6.45) is 4.59. The van der Waals surface area contributed by atoms with Crippen LogP contribution in [0.4, 0.5) is 14.5 Å². The molecule has 0 unspecified atom stereocenters. The van der Waals surface area contributed by atoms with Crippen LogP contribution in [0.2, 0.25) is 0 Å². The van der Waals surface area contributed by atoms with Crippen LogP contribution >= 0.6 is 0 Å². The number of hydrogen-bond acceptors (Lipinski definition) is 4. The van der Waals surface area contributed by atoms with Crippen molar-refractivity contribution in [3.63, 3.8) is 0 Å². The number of likely N-dealkylation sites (N-methyl/N-ethyl adjacent to an activating group) is 1. The molecule has 2 rings (SSSR count). The lowest BCUT2D eigenvalue weighted by atomic mass is 10.2. The van der Waals surface area contributed by atoms with Crippen molar-refractivity contribution in [3.05, 3.63) is 59.9 Å². The molecular formula is C17H19F2N3O3S. The number of pyridine rings is 1. The number of hydrogen-bond donors (Lipinski definition) is 0. The monoisotopic (exact) mass is 383 g/mol. The minimum atomic E-state index is -4.06. The second-order valence-electron chi connectivity index (χ2n) is 5.76. The molecule has 0 saturated carbocycles. The molecule has 0 fully saturated rings. The number of carbonyl (C=O) groups excluding carboxylic acids is 1. The van der Waals surface area contributed by atoms with E-state index < -0.39 is 39.8 Å². The molecule has 0 bridgehead atoms. The highest BCUT2D eigenvalue weighted by Gasteiger charge is 2.27. The molecule has 0 radical (unpaired) electrons. The second kappa shape index (κ2) is 8.22. The summed E-state index contributed by atoms with van der Waals surface area (Å²) >= 11 is 0. The van der Waals surface area contributed by atoms with Gasteiger partial charge in [0, 0.05) is 26.0 Å². The van der Waals surface area contributed by atoms with Gasteiger partial charge in [0.1, 0.15) is 12.2 Å². The van der Waals surface area contributed by atoms with Crippen molar-refractivity contribution in [2.24, 2.45) is 0 Å². The molecule has 26 heavy (non-hydrogen) atoms. The van der Waals surface area contributed by atoms with Gasteiger partial charge in [-0.05, 0) is 36.2 Å². The maximum Gasteiger partial charge on any atom is 0.243 e. The summed E-state index contributed by atoms with van der Waals surface area (Å²) in [6, 6.07) is 6.60. The third kappa shape index (κ3) is 4.98. The lowest BCUT2D eigenvalue weighted by Crippen LogP contribution is -2.42. The standard InChI is InChI=1S/C17H19F2N3O3S/c1-21(11-8-13-6-9-20-10-7-13)16(23)12-22(26(2,24)25)17-14(18)4-3-5-15(17)19/h3-7,9-10H,8,11-12H2,1-2H3. The van der Waals surface area contributed by atoms with E-state index in [0.29, 0.717) is 17.3 Å². The summed E-state index contributed by atoms with van der Waals surface area (Å²) in [7, 11) is -2.56. The third-order valence-corrected chi connectivity index (χ3v) is 4.89. The number of anilines is 1. The van der Waals surface area contributed by atoms with Gasteiger partial charge in [-0.25, -0.2) is 17.2 Å². The molecule has 6 nitrogen and oxygen atoms in total. The molecule has 0 aliphatic carbocycles. The Bertz CT molecular complexity index is 856. The number of aromatic nitrogens is 1. The average molecular weight is 383 g/mol. The maximum atomic E-state index is 14.0. The van der Waals surface area contributed by atoms with Gasteiger partial charge in [-0.15, -0.1) is 0 Å². The van der Waals surface area contributed by atoms with Crippen LogP contribution in [0.3, 0.4) is 0 Å². The predicted octanol–water partition coefficient (Wildman–Crippen LogP) is 1.83. The van der Waals surface area contributed by atoms with E-state index in [-0.39, 0.29) is 0 Å². The summed E-state index contributed by atoms with van der Waals surface area (Å²) in [6.45, 7) is -0.371. The Balaban J connectivity index is 2.14. The molecule has 0 aliphatic heterocycles. The van der Waals surface area contributed by atoms with Gasteiger partial charge in [0.05, 0.1) is 6.26 Å². The molecule has 9 heteroatoms. The number of benzene rings is 1. The van der Waals surface area contributed by atoms with E-state index in [1.54, 1.807) is 24.5 Å². The quantitative estimate of drug-likeness (QED) is 0.731. The van der Waals surface area contributed by atoms with Crippen molar-refractivity contribution in [1.29, 1.82) is 0 Å². The summed E-state index contributed by atoms with van der Waals surface area (Å²) in [5, 5.41) is 0. The smallest absolute Gasteiger partial charge is 0.243 e. The Hall–Kier alpha value is -2.55. The van der Waals surface area contributed by atoms with E-state index in [1.165, 1.54) is 11.9 Å². The van der Waals surface area contributed by atoms with Gasteiger partial charge in [-0.2, -0.15) is 0 Å². The highest BCUT2D eigenvalue weighted by molar-refractivity contribution is 7.92. The number of rotatable bonds is 7. The van der Waals surface area contributed by atoms with Gasteiger partial charge in [-0.1, -0.05) is 6.07 Å². The van der Waals surface area contributed by atoms with Crippen LogP contribution in [0, 0.1) is 11.6 Å². The SMILES string of the molecule is CN(CCc1ccncc1)C(=O)CN(c1c(F)cccc1F)S(C)(=O)=O. The Morgan fingerprint density at radius 2 is 1.69 bits per heavy atom. The van der Waals surface area contributed by atoms with Crippen LogP contribution < -0.4 is 4.31 Å². The van der Waals surface area contributed by atoms with E-state index in [1.807, 2.05) is 0 Å². The van der Waals surface area contributed by atoms with Crippen LogP contribution in [0.15, 0.2) is 42.7 Å². The largest absolute Gasteiger partial charge is 0.344 e. The third-order valence-electron chi connectivity index (χ3n) is 3.78. The predicted molar refractivity (Wildman–Crippen MR) is 94.1 cm³/mol. The van der Waals surface area contributed by atoms with Crippen molar-refractivity contribution in [3.8, 4) is 0 Å². The summed E-state index contributed by atoms with van der Waals surface area (Å²) < 4.78 is 52.4. The van der Waals surface area contributed by atoms with Crippen molar-refractivity contribution in [2.45, 2.75) is 6.42 Å². The zero-order chi connectivity index (χ0) is 19.3. The first kappa shape index (κ1) is 19.8. The van der Waals surface area contributed by atoms with Crippen molar-refractivity contribution >= 4 is 21.6 Å². The van der Waals surface area contributed by atoms with E-state index in [4.69, 9.17) is 0 Å². The van der Waals surface area contributed by atoms with Crippen LogP contribution in [0.1, 0.15) is 5.56 Å². The van der Waals surface area contributed by atoms with Gasteiger partial charge < -0.3 is 4.90 Å². The highest BCUT2D eigenvalue weighted by Crippen LogP contribution is 2.25. The molecule has 140 valence electrons. The lowest BCUT2D eigenvalue weighted by Gasteiger charge is -2.25. The van der Waals surface area contributed by atoms with Gasteiger partial charge in [0.15, 0.2) is 11.6 Å². The van der Waals surface area contributed by atoms with Crippen molar-refractivity contribution < 1.29 is 22.0 Å². The number of nitrogens with zero attached hydrogens (tertiary/aromatic N) is 3. The fraction of sp³-hybridized carbons (Fsp3) is 0.294. The van der Waals surface area contributed by atoms with E-state index >= 15 is 0 Å². The fourth-order valence-electron chi connectivity index (χ4n) is 2.30. The van der Waals surface area contributed by atoms with Gasteiger partial charge in [0.25, 0.3) is 0 Å². The fourth-order valence-corrected chi connectivity index (χ4v) is 3.15. The Kier molecular flexibility index (Phi) is 6.25. The normalized spacial score (nSPS) is 11.2. The molecular weight excluding hydrogens is 364 g/mol. The number of sulfonamides is 1. The van der Waals surface area contributed by atoms with Crippen molar-refractivity contribution in [1.82, 2.24) is 9.88 Å². The lowest BCUT2D eigenvalue weighted by molar-refractivity contribution is -0.128. The van der Waals surface area contributed by atoms with Crippen LogP contribution in [0.5, 0.6) is 0 Å². The van der Waals surface area contributed by atoms with Gasteiger partial charge >= 0.3 is 0 Å². The maximum absolute atomic E-state index is 14.0. The summed E-state index contributed by atoms with van der Waals surface area (Å²) in [5.41, 5.74) is 0.200. The van der Waals surface area contributed by atoms with Crippen molar-refractivity contribution in [2.75, 3.05) is 30.7 Å². The van der Waals surface area contributed by atoms with Crippen LogP contribution in [0.25, 0.3) is 0 Å². The highest BCUT2D eigenvalue weighted by atomic mass is 32.2. The van der Waals surface area contributed by atoms with Crippen LogP contribution in [-0.4, -0.2) is 50.6 Å². The van der Waals surface area contributed by atoms with E-state index in [9.17, 15) is 22.0 Å². The Labute approximate surface area is 151 Å². The molecule has 0 N–H and O–H groups in total. The molecule has 1 aromatic heterocycles. The zero-order valence-corrected chi connectivity index (χ0v) is 15.2. The molecule has 0 saturated heterocycles. The molecule has 1 heterocycles. The Morgan fingerprint density at radius 1 is 1.12 bits per heavy atom. The first-order valence-electron chi connectivity index (χ1n) is 7.74. The van der Waals surface area contributed by atoms with E-state index in [0.717, 1.165) is 30.0 Å². The molecule has 0 aliphatic rings. The first-order valence-corrected chi connectivity index (χ1v) is 9.59. The minimum Gasteiger partial charge on any atom is -0.344 e. The number of carbonyl (C=O) groups is 1. The Morgan fingerprint density at radius 3 is 2.23 bits per heavy atom. The van der Waals surface area contributed by atoms with Gasteiger partial charge in [-0.3, -0.25) is 14.1 Å².